The summed E-state index contributed by atoms with van der Waals surface area (Å²) < 4.78 is 9.65. The lowest BCUT2D eigenvalue weighted by Crippen LogP contribution is -2.11. The normalized spacial score (nSPS) is 10.7. The number of amides is 1. The van der Waals surface area contributed by atoms with Gasteiger partial charge in [-0.25, -0.2) is 14.6 Å². The van der Waals surface area contributed by atoms with E-state index in [2.05, 4.69) is 20.0 Å². The minimum absolute atomic E-state index is 0.254. The maximum atomic E-state index is 11.9. The van der Waals surface area contributed by atoms with Gasteiger partial charge >= 0.3 is 12.1 Å². The lowest BCUT2D eigenvalue weighted by Gasteiger charge is -2.06. The molecule has 0 aliphatic rings. The van der Waals surface area contributed by atoms with Crippen molar-refractivity contribution >= 4 is 29.0 Å². The van der Waals surface area contributed by atoms with E-state index >= 15 is 0 Å². The average Bonchev–Trinajstić information content (AvgIpc) is 2.85. The predicted octanol–water partition coefficient (Wildman–Crippen LogP) is 2.55. The molecule has 1 aromatic carbocycles. The van der Waals surface area contributed by atoms with Crippen LogP contribution in [0.4, 0.5) is 10.7 Å². The summed E-state index contributed by atoms with van der Waals surface area (Å²) in [5.41, 5.74) is 1.68. The second-order valence-corrected chi connectivity index (χ2v) is 4.93. The molecule has 0 saturated carbocycles. The largest absolute Gasteiger partial charge is 0.462 e. The molecule has 2 aromatic rings. The number of esters is 1. The number of H-pyrrole nitrogens is 1. The summed E-state index contributed by atoms with van der Waals surface area (Å²) in [5, 5.41) is 2.43. The maximum absolute atomic E-state index is 11.9. The van der Waals surface area contributed by atoms with Crippen LogP contribution in [0, 0.1) is 5.92 Å². The molecule has 0 spiro atoms. The highest BCUT2D eigenvalue weighted by atomic mass is 16.5. The summed E-state index contributed by atoms with van der Waals surface area (Å²) in [4.78, 5) is 30.0. The van der Waals surface area contributed by atoms with Gasteiger partial charge in [-0.05, 0) is 24.1 Å². The molecule has 1 heterocycles. The highest BCUT2D eigenvalue weighted by Crippen LogP contribution is 2.17. The molecule has 0 saturated heterocycles. The van der Waals surface area contributed by atoms with Crippen LogP contribution >= 0.6 is 0 Å². The number of fused-ring (bicyclic) bond motifs is 1. The molecule has 7 nitrogen and oxygen atoms in total. The van der Waals surface area contributed by atoms with Gasteiger partial charge in [-0.15, -0.1) is 0 Å². The standard InChI is InChI=1S/C14H17N3O4/c1-8(2)7-21-12(18)9-4-5-10-11(6-9)16-13(15-10)17-14(19)20-3/h4-6,8H,7H2,1-3H3,(H2,15,16,17,19). The molecular formula is C14H17N3O4. The number of aromatic amines is 1. The fraction of sp³-hybridized carbons (Fsp3) is 0.357. The van der Waals surface area contributed by atoms with Crippen LogP contribution in [0.1, 0.15) is 24.2 Å². The third kappa shape index (κ3) is 3.71. The molecule has 0 aliphatic carbocycles. The van der Waals surface area contributed by atoms with E-state index in [1.807, 2.05) is 13.8 Å². The summed E-state index contributed by atoms with van der Waals surface area (Å²) in [5.74, 6) is 0.146. The Morgan fingerprint density at radius 3 is 2.81 bits per heavy atom. The van der Waals surface area contributed by atoms with E-state index in [-0.39, 0.29) is 17.8 Å². The number of methoxy groups -OCH3 is 1. The SMILES string of the molecule is COC(=O)Nc1nc2ccc(C(=O)OCC(C)C)cc2[nH]1. The molecule has 0 atom stereocenters. The van der Waals surface area contributed by atoms with E-state index in [0.717, 1.165) is 0 Å². The van der Waals surface area contributed by atoms with Crippen molar-refractivity contribution in [1.82, 2.24) is 9.97 Å². The Balaban J connectivity index is 2.17. The lowest BCUT2D eigenvalue weighted by atomic mass is 10.2. The smallest absolute Gasteiger partial charge is 0.413 e. The lowest BCUT2D eigenvalue weighted by molar-refractivity contribution is 0.0459. The van der Waals surface area contributed by atoms with Crippen LogP contribution in [0.3, 0.4) is 0 Å². The van der Waals surface area contributed by atoms with Crippen molar-refractivity contribution in [2.24, 2.45) is 5.92 Å². The molecule has 21 heavy (non-hydrogen) atoms. The van der Waals surface area contributed by atoms with Gasteiger partial charge in [0.15, 0.2) is 0 Å². The zero-order valence-electron chi connectivity index (χ0n) is 12.1. The minimum atomic E-state index is -0.620. The van der Waals surface area contributed by atoms with Gasteiger partial charge in [0, 0.05) is 0 Å². The minimum Gasteiger partial charge on any atom is -0.462 e. The molecule has 0 aliphatic heterocycles. The molecule has 0 bridgehead atoms. The van der Waals surface area contributed by atoms with Crippen molar-refractivity contribution in [2.75, 3.05) is 19.0 Å². The van der Waals surface area contributed by atoms with Gasteiger partial charge in [0.1, 0.15) is 0 Å². The second-order valence-electron chi connectivity index (χ2n) is 4.93. The molecule has 2 rings (SSSR count). The molecule has 7 heteroatoms. The number of ether oxygens (including phenoxy) is 2. The summed E-state index contributed by atoms with van der Waals surface area (Å²) in [6.07, 6.45) is -0.620. The van der Waals surface area contributed by atoms with Gasteiger partial charge in [0.25, 0.3) is 0 Å². The number of carbonyl (C=O) groups excluding carboxylic acids is 2. The number of carbonyl (C=O) groups is 2. The zero-order valence-corrected chi connectivity index (χ0v) is 12.1. The quantitative estimate of drug-likeness (QED) is 0.844. The summed E-state index contributed by atoms with van der Waals surface area (Å²) >= 11 is 0. The number of anilines is 1. The van der Waals surface area contributed by atoms with E-state index in [0.29, 0.717) is 23.2 Å². The molecule has 1 aromatic heterocycles. The van der Waals surface area contributed by atoms with Gasteiger partial charge < -0.3 is 14.5 Å². The van der Waals surface area contributed by atoms with Crippen molar-refractivity contribution in [1.29, 1.82) is 0 Å². The summed E-state index contributed by atoms with van der Waals surface area (Å²) in [6, 6.07) is 4.95. The molecule has 2 N–H and O–H groups in total. The number of rotatable bonds is 4. The van der Waals surface area contributed by atoms with E-state index < -0.39 is 6.09 Å². The Kier molecular flexibility index (Phi) is 4.42. The van der Waals surface area contributed by atoms with E-state index in [1.54, 1.807) is 18.2 Å². The first-order chi connectivity index (χ1) is 9.99. The van der Waals surface area contributed by atoms with Crippen molar-refractivity contribution in [2.45, 2.75) is 13.8 Å². The fourth-order valence-electron chi connectivity index (χ4n) is 1.67. The first-order valence-corrected chi connectivity index (χ1v) is 6.51. The molecule has 1 amide bonds. The monoisotopic (exact) mass is 291 g/mol. The number of imidazole rings is 1. The third-order valence-electron chi connectivity index (χ3n) is 2.67. The Morgan fingerprint density at radius 2 is 2.14 bits per heavy atom. The highest BCUT2D eigenvalue weighted by Gasteiger charge is 2.12. The molecular weight excluding hydrogens is 274 g/mol. The van der Waals surface area contributed by atoms with Crippen LogP contribution in [0.5, 0.6) is 0 Å². The summed E-state index contributed by atoms with van der Waals surface area (Å²) in [6.45, 7) is 4.31. The first-order valence-electron chi connectivity index (χ1n) is 6.51. The molecule has 0 unspecified atom stereocenters. The first kappa shape index (κ1) is 14.8. The van der Waals surface area contributed by atoms with Crippen LogP contribution in [-0.2, 0) is 9.47 Å². The number of benzene rings is 1. The number of aromatic nitrogens is 2. The van der Waals surface area contributed by atoms with Crippen molar-refractivity contribution < 1.29 is 19.1 Å². The van der Waals surface area contributed by atoms with Gasteiger partial charge in [0.05, 0.1) is 30.3 Å². The summed E-state index contributed by atoms with van der Waals surface area (Å²) in [7, 11) is 1.26. The van der Waals surface area contributed by atoms with Crippen LogP contribution in [0.2, 0.25) is 0 Å². The van der Waals surface area contributed by atoms with Crippen LogP contribution in [0.25, 0.3) is 11.0 Å². The molecule has 0 fully saturated rings. The molecule has 0 radical (unpaired) electrons. The Labute approximate surface area is 121 Å². The fourth-order valence-corrected chi connectivity index (χ4v) is 1.67. The maximum Gasteiger partial charge on any atom is 0.413 e. The van der Waals surface area contributed by atoms with Crippen LogP contribution in [-0.4, -0.2) is 35.7 Å². The van der Waals surface area contributed by atoms with E-state index in [1.165, 1.54) is 7.11 Å². The van der Waals surface area contributed by atoms with Crippen LogP contribution in [0.15, 0.2) is 18.2 Å². The topological polar surface area (TPSA) is 93.3 Å². The second kappa shape index (κ2) is 6.25. The Morgan fingerprint density at radius 1 is 1.38 bits per heavy atom. The third-order valence-corrected chi connectivity index (χ3v) is 2.67. The Hall–Kier alpha value is -2.57. The molecule has 112 valence electrons. The van der Waals surface area contributed by atoms with Crippen molar-refractivity contribution in [3.63, 3.8) is 0 Å². The number of hydrogen-bond acceptors (Lipinski definition) is 5. The van der Waals surface area contributed by atoms with Gasteiger partial charge in [0.2, 0.25) is 5.95 Å². The average molecular weight is 291 g/mol. The van der Waals surface area contributed by atoms with Gasteiger partial charge in [-0.2, -0.15) is 0 Å². The van der Waals surface area contributed by atoms with Crippen molar-refractivity contribution in [3.05, 3.63) is 23.8 Å². The zero-order chi connectivity index (χ0) is 15.4. The van der Waals surface area contributed by atoms with Gasteiger partial charge in [-0.3, -0.25) is 5.32 Å². The van der Waals surface area contributed by atoms with Crippen molar-refractivity contribution in [3.8, 4) is 0 Å². The van der Waals surface area contributed by atoms with E-state index in [4.69, 9.17) is 4.74 Å². The van der Waals surface area contributed by atoms with E-state index in [9.17, 15) is 9.59 Å². The number of hydrogen-bond donors (Lipinski definition) is 2. The van der Waals surface area contributed by atoms with Crippen LogP contribution < -0.4 is 5.32 Å². The van der Waals surface area contributed by atoms with Gasteiger partial charge in [-0.1, -0.05) is 13.8 Å². The predicted molar refractivity (Wildman–Crippen MR) is 77.2 cm³/mol. The number of nitrogens with zero attached hydrogens (tertiary/aromatic N) is 1. The number of nitrogens with one attached hydrogen (secondary N) is 2. The highest BCUT2D eigenvalue weighted by molar-refractivity contribution is 5.94. The Bertz CT molecular complexity index is 663.